The summed E-state index contributed by atoms with van der Waals surface area (Å²) in [5.74, 6) is 1.48. The van der Waals surface area contributed by atoms with E-state index in [1.807, 2.05) is 30.3 Å². The van der Waals surface area contributed by atoms with Crippen molar-refractivity contribution < 1.29 is 14.3 Å². The number of aryl methyl sites for hydroxylation is 2. The molecule has 0 saturated heterocycles. The van der Waals surface area contributed by atoms with Crippen molar-refractivity contribution in [3.8, 4) is 11.5 Å². The third-order valence-corrected chi connectivity index (χ3v) is 6.81. The number of halogens is 1. The SMILES string of the molecule is CNC(=O)[C@@H](c1ccccc1)N1CCc2cc(OC)c(OC)cc2[C@@H]1CCc1ccc(C)cc1.Cl. The highest BCUT2D eigenvalue weighted by atomic mass is 35.5. The Morgan fingerprint density at radius 2 is 1.69 bits per heavy atom. The van der Waals surface area contributed by atoms with E-state index in [9.17, 15) is 4.79 Å². The maximum absolute atomic E-state index is 13.2. The molecule has 1 N–H and O–H groups in total. The zero-order chi connectivity index (χ0) is 24.1. The highest BCUT2D eigenvalue weighted by Crippen LogP contribution is 2.43. The van der Waals surface area contributed by atoms with Crippen LogP contribution < -0.4 is 14.8 Å². The first kappa shape index (κ1) is 26.6. The van der Waals surface area contributed by atoms with Gasteiger partial charge in [0.25, 0.3) is 0 Å². The molecule has 1 heterocycles. The fourth-order valence-corrected chi connectivity index (χ4v) is 5.00. The Morgan fingerprint density at radius 3 is 2.31 bits per heavy atom. The van der Waals surface area contributed by atoms with E-state index in [0.717, 1.165) is 42.9 Å². The summed E-state index contributed by atoms with van der Waals surface area (Å²) in [5.41, 5.74) is 6.03. The summed E-state index contributed by atoms with van der Waals surface area (Å²) in [6, 6.07) is 22.7. The van der Waals surface area contributed by atoms with Crippen molar-refractivity contribution in [3.63, 3.8) is 0 Å². The van der Waals surface area contributed by atoms with E-state index in [1.54, 1.807) is 21.3 Å². The topological polar surface area (TPSA) is 50.8 Å². The Balaban J connectivity index is 0.00000342. The van der Waals surface area contributed by atoms with Crippen LogP contribution in [0.15, 0.2) is 66.7 Å². The van der Waals surface area contributed by atoms with Gasteiger partial charge in [-0.1, -0.05) is 60.2 Å². The van der Waals surface area contributed by atoms with Crippen molar-refractivity contribution in [1.82, 2.24) is 10.2 Å². The van der Waals surface area contributed by atoms with Crippen LogP contribution in [0.4, 0.5) is 0 Å². The number of carbonyl (C=O) groups excluding carboxylic acids is 1. The van der Waals surface area contributed by atoms with Crippen molar-refractivity contribution in [1.29, 1.82) is 0 Å². The lowest BCUT2D eigenvalue weighted by molar-refractivity contribution is -0.127. The van der Waals surface area contributed by atoms with Gasteiger partial charge in [-0.2, -0.15) is 0 Å². The van der Waals surface area contributed by atoms with Crippen molar-refractivity contribution in [2.45, 2.75) is 38.3 Å². The molecule has 0 spiro atoms. The summed E-state index contributed by atoms with van der Waals surface area (Å²) < 4.78 is 11.2. The number of fused-ring (bicyclic) bond motifs is 1. The van der Waals surface area contributed by atoms with Gasteiger partial charge in [-0.25, -0.2) is 0 Å². The lowest BCUT2D eigenvalue weighted by atomic mass is 9.86. The average molecular weight is 495 g/mol. The number of benzene rings is 3. The van der Waals surface area contributed by atoms with E-state index in [0.29, 0.717) is 0 Å². The second-order valence-corrected chi connectivity index (χ2v) is 8.86. The zero-order valence-corrected chi connectivity index (χ0v) is 21.7. The van der Waals surface area contributed by atoms with Gasteiger partial charge in [0.05, 0.1) is 14.2 Å². The molecule has 2 atom stereocenters. The first-order valence-electron chi connectivity index (χ1n) is 11.9. The second-order valence-electron chi connectivity index (χ2n) is 8.86. The fourth-order valence-electron chi connectivity index (χ4n) is 5.00. The van der Waals surface area contributed by atoms with Crippen LogP contribution in [0.1, 0.15) is 46.3 Å². The summed E-state index contributed by atoms with van der Waals surface area (Å²) in [7, 11) is 5.06. The number of hydrogen-bond acceptors (Lipinski definition) is 4. The number of ether oxygens (including phenoxy) is 2. The lowest BCUT2D eigenvalue weighted by Crippen LogP contribution is -2.44. The standard InChI is InChI=1S/C29H34N2O3.ClH/c1-20-10-12-21(13-11-20)14-15-25-24-19-27(34-4)26(33-3)18-23(24)16-17-31(25)28(29(32)30-2)22-8-6-5-7-9-22;/h5-13,18-19,25,28H,14-17H2,1-4H3,(H,30,32);1H/t25-,28+;/m0./s1. The van der Waals surface area contributed by atoms with E-state index in [-0.39, 0.29) is 30.4 Å². The number of amides is 1. The lowest BCUT2D eigenvalue weighted by Gasteiger charge is -2.42. The molecule has 0 aromatic heterocycles. The van der Waals surface area contributed by atoms with Gasteiger partial charge < -0.3 is 14.8 Å². The molecule has 0 unspecified atom stereocenters. The predicted octanol–water partition coefficient (Wildman–Crippen LogP) is 5.45. The molecule has 5 nitrogen and oxygen atoms in total. The van der Waals surface area contributed by atoms with Gasteiger partial charge in [-0.15, -0.1) is 12.4 Å². The van der Waals surface area contributed by atoms with Crippen LogP contribution in [0.5, 0.6) is 11.5 Å². The smallest absolute Gasteiger partial charge is 0.241 e. The van der Waals surface area contributed by atoms with E-state index in [2.05, 4.69) is 53.5 Å². The van der Waals surface area contributed by atoms with Crippen LogP contribution in [0, 0.1) is 6.92 Å². The minimum absolute atomic E-state index is 0. The Hall–Kier alpha value is -3.02. The van der Waals surface area contributed by atoms with Crippen LogP contribution in [0.2, 0.25) is 0 Å². The maximum Gasteiger partial charge on any atom is 0.241 e. The number of methoxy groups -OCH3 is 2. The molecule has 0 bridgehead atoms. The van der Waals surface area contributed by atoms with Gasteiger partial charge in [0.1, 0.15) is 6.04 Å². The van der Waals surface area contributed by atoms with Crippen molar-refractivity contribution >= 4 is 18.3 Å². The minimum Gasteiger partial charge on any atom is -0.493 e. The van der Waals surface area contributed by atoms with Crippen LogP contribution in [-0.2, 0) is 17.6 Å². The van der Waals surface area contributed by atoms with Gasteiger partial charge in [0.2, 0.25) is 5.91 Å². The molecule has 1 aliphatic rings. The van der Waals surface area contributed by atoms with E-state index < -0.39 is 0 Å². The second kappa shape index (κ2) is 12.1. The number of likely N-dealkylation sites (N-methyl/N-ethyl adjacent to an activating group) is 1. The monoisotopic (exact) mass is 494 g/mol. The first-order valence-corrected chi connectivity index (χ1v) is 11.9. The molecule has 6 heteroatoms. The molecular formula is C29H35ClN2O3. The molecule has 0 saturated carbocycles. The average Bonchev–Trinajstić information content (AvgIpc) is 2.88. The van der Waals surface area contributed by atoms with E-state index in [4.69, 9.17) is 9.47 Å². The van der Waals surface area contributed by atoms with Gasteiger partial charge in [0.15, 0.2) is 11.5 Å². The molecule has 3 aromatic rings. The third kappa shape index (κ3) is 5.80. The summed E-state index contributed by atoms with van der Waals surface area (Å²) in [6.45, 7) is 2.89. The molecule has 1 aliphatic heterocycles. The largest absolute Gasteiger partial charge is 0.493 e. The van der Waals surface area contributed by atoms with Crippen molar-refractivity contribution in [3.05, 3.63) is 94.5 Å². The van der Waals surface area contributed by atoms with Gasteiger partial charge in [-0.05, 0) is 60.6 Å². The summed E-state index contributed by atoms with van der Waals surface area (Å²) in [5, 5.41) is 2.90. The number of carbonyl (C=O) groups is 1. The molecule has 186 valence electrons. The highest BCUT2D eigenvalue weighted by Gasteiger charge is 2.37. The Labute approximate surface area is 214 Å². The Kier molecular flexibility index (Phi) is 9.19. The molecule has 3 aromatic carbocycles. The fraction of sp³-hybridized carbons (Fsp3) is 0.345. The summed E-state index contributed by atoms with van der Waals surface area (Å²) >= 11 is 0. The van der Waals surface area contributed by atoms with Crippen molar-refractivity contribution in [2.24, 2.45) is 0 Å². The van der Waals surface area contributed by atoms with Gasteiger partial charge >= 0.3 is 0 Å². The molecule has 1 amide bonds. The molecule has 4 rings (SSSR count). The molecule has 0 aliphatic carbocycles. The molecule has 35 heavy (non-hydrogen) atoms. The maximum atomic E-state index is 13.2. The summed E-state index contributed by atoms with van der Waals surface area (Å²) in [6.07, 6.45) is 2.66. The van der Waals surface area contributed by atoms with Gasteiger partial charge in [0, 0.05) is 19.6 Å². The number of nitrogens with zero attached hydrogens (tertiary/aromatic N) is 1. The van der Waals surface area contributed by atoms with E-state index in [1.165, 1.54) is 22.3 Å². The van der Waals surface area contributed by atoms with Crippen LogP contribution >= 0.6 is 12.4 Å². The number of rotatable bonds is 8. The summed E-state index contributed by atoms with van der Waals surface area (Å²) in [4.78, 5) is 15.6. The molecular weight excluding hydrogens is 460 g/mol. The zero-order valence-electron chi connectivity index (χ0n) is 20.9. The molecule has 0 radical (unpaired) electrons. The minimum atomic E-state index is -0.365. The van der Waals surface area contributed by atoms with Crippen LogP contribution in [0.3, 0.4) is 0 Å². The Morgan fingerprint density at radius 1 is 1.03 bits per heavy atom. The van der Waals surface area contributed by atoms with E-state index >= 15 is 0 Å². The van der Waals surface area contributed by atoms with Crippen molar-refractivity contribution in [2.75, 3.05) is 27.8 Å². The highest BCUT2D eigenvalue weighted by molar-refractivity contribution is 5.85. The Bertz CT molecular complexity index is 1120. The molecule has 0 fully saturated rings. The van der Waals surface area contributed by atoms with Gasteiger partial charge in [-0.3, -0.25) is 9.69 Å². The normalized spacial score (nSPS) is 15.9. The quantitative estimate of drug-likeness (QED) is 0.452. The third-order valence-electron chi connectivity index (χ3n) is 6.81. The van der Waals surface area contributed by atoms with Crippen LogP contribution in [-0.4, -0.2) is 38.6 Å². The number of hydrogen-bond donors (Lipinski definition) is 1. The predicted molar refractivity (Wildman–Crippen MR) is 143 cm³/mol. The first-order chi connectivity index (χ1) is 16.5. The number of nitrogens with one attached hydrogen (secondary N) is 1. The van der Waals surface area contributed by atoms with Crippen LogP contribution in [0.25, 0.3) is 0 Å².